The van der Waals surface area contributed by atoms with Crippen LogP contribution in [-0.4, -0.2) is 66.7 Å². The third kappa shape index (κ3) is 6.03. The molecule has 1 N–H and O–H groups in total. The van der Waals surface area contributed by atoms with Crippen molar-refractivity contribution in [3.05, 3.63) is 47.1 Å². The van der Waals surface area contributed by atoms with E-state index in [0.29, 0.717) is 36.2 Å². The van der Waals surface area contributed by atoms with Crippen molar-refractivity contribution >= 4 is 5.97 Å². The zero-order valence-electron chi connectivity index (χ0n) is 25.9. The van der Waals surface area contributed by atoms with Crippen LogP contribution in [0.1, 0.15) is 80.1 Å². The minimum Gasteiger partial charge on any atom is -0.462 e. The number of allylic oxidation sites excluding steroid dienone is 4. The maximum absolute atomic E-state index is 14.0. The fourth-order valence-electron chi connectivity index (χ4n) is 7.78. The molecule has 1 spiro atoms. The highest BCUT2D eigenvalue weighted by atomic mass is 16.7. The van der Waals surface area contributed by atoms with Crippen LogP contribution in [0.15, 0.2) is 47.1 Å². The highest BCUT2D eigenvalue weighted by Gasteiger charge is 2.60. The summed E-state index contributed by atoms with van der Waals surface area (Å²) in [5.41, 5.74) is 1.27. The van der Waals surface area contributed by atoms with Crippen LogP contribution in [0.4, 0.5) is 0 Å². The van der Waals surface area contributed by atoms with Crippen LogP contribution in [0.3, 0.4) is 0 Å². The summed E-state index contributed by atoms with van der Waals surface area (Å²) in [6, 6.07) is 0. The molecule has 41 heavy (non-hydrogen) atoms. The van der Waals surface area contributed by atoms with E-state index in [2.05, 4.69) is 46.8 Å². The molecule has 5 aliphatic rings. The lowest BCUT2D eigenvalue weighted by Gasteiger charge is -2.50. The predicted molar refractivity (Wildman–Crippen MR) is 157 cm³/mol. The average Bonchev–Trinajstić information content (AvgIpc) is 3.24. The zero-order valence-corrected chi connectivity index (χ0v) is 25.9. The van der Waals surface area contributed by atoms with Gasteiger partial charge in [-0.2, -0.15) is 0 Å². The van der Waals surface area contributed by atoms with Crippen molar-refractivity contribution in [2.24, 2.45) is 23.7 Å². The van der Waals surface area contributed by atoms with Gasteiger partial charge in [-0.05, 0) is 62.0 Å². The molecule has 3 fully saturated rings. The van der Waals surface area contributed by atoms with Crippen LogP contribution in [0, 0.1) is 23.7 Å². The van der Waals surface area contributed by atoms with Gasteiger partial charge in [0.2, 0.25) is 0 Å². The van der Waals surface area contributed by atoms with Crippen molar-refractivity contribution in [1.29, 1.82) is 0 Å². The summed E-state index contributed by atoms with van der Waals surface area (Å²) in [6.07, 6.45) is 13.1. The number of esters is 1. The lowest BCUT2D eigenvalue weighted by atomic mass is 9.70. The number of fused-ring (bicyclic) bond motifs is 2. The molecule has 4 heterocycles. The highest BCUT2D eigenvalue weighted by Crippen LogP contribution is 2.48. The Bertz CT molecular complexity index is 1100. The number of hydrogen-bond donors (Lipinski definition) is 1. The van der Waals surface area contributed by atoms with E-state index in [1.165, 1.54) is 5.57 Å². The molecule has 0 aromatic carbocycles. The van der Waals surface area contributed by atoms with E-state index in [-0.39, 0.29) is 24.9 Å². The first-order chi connectivity index (χ1) is 19.5. The van der Waals surface area contributed by atoms with E-state index in [1.54, 1.807) is 7.11 Å². The van der Waals surface area contributed by atoms with Crippen LogP contribution >= 0.6 is 0 Å². The largest absolute Gasteiger partial charge is 0.462 e. The Balaban J connectivity index is 1.52. The summed E-state index contributed by atoms with van der Waals surface area (Å²) in [7, 11) is 1.61. The van der Waals surface area contributed by atoms with Gasteiger partial charge in [0.25, 0.3) is 0 Å². The average molecular weight is 571 g/mol. The minimum atomic E-state index is -1.56. The molecular formula is C34H50O7. The summed E-state index contributed by atoms with van der Waals surface area (Å²) >= 11 is 0. The molecule has 10 atom stereocenters. The molecule has 4 aliphatic heterocycles. The molecule has 0 saturated carbocycles. The van der Waals surface area contributed by atoms with Gasteiger partial charge in [-0.3, -0.25) is 4.79 Å². The SMILES string of the molecule is COC1C(C)=CC2C(=O)OC3CC(CC=C(C)CC(C)C=CC=C4COC1C42O)OC1(CCC(C)C(C(C)C)O1)C3. The molecule has 228 valence electrons. The molecule has 3 saturated heterocycles. The highest BCUT2D eigenvalue weighted by molar-refractivity contribution is 5.78. The molecule has 0 amide bonds. The van der Waals surface area contributed by atoms with Gasteiger partial charge >= 0.3 is 5.97 Å². The number of ether oxygens (including phenoxy) is 5. The van der Waals surface area contributed by atoms with Crippen molar-refractivity contribution in [2.45, 2.75) is 122 Å². The first-order valence-electron chi connectivity index (χ1n) is 15.6. The predicted octanol–water partition coefficient (Wildman–Crippen LogP) is 5.82. The summed E-state index contributed by atoms with van der Waals surface area (Å²) < 4.78 is 31.7. The Labute approximate surface area is 246 Å². The maximum atomic E-state index is 14.0. The standard InChI is InChI=1S/C34H50O7/c1-20(2)29-23(5)13-14-33(41-29)18-27-17-26(40-33)12-11-22(4)15-21(3)9-8-10-25-19-38-31-30(37-7)24(6)16-28(32(35)39-27)34(25,31)36/h8-11,16,20-21,23,26-31,36H,12-15,17-19H2,1-7H3. The van der Waals surface area contributed by atoms with E-state index in [9.17, 15) is 9.90 Å². The van der Waals surface area contributed by atoms with Crippen LogP contribution < -0.4 is 0 Å². The summed E-state index contributed by atoms with van der Waals surface area (Å²) in [6.45, 7) is 13.1. The van der Waals surface area contributed by atoms with Crippen LogP contribution in [0.2, 0.25) is 0 Å². The number of hydrogen-bond acceptors (Lipinski definition) is 7. The Kier molecular flexibility index (Phi) is 9.04. The van der Waals surface area contributed by atoms with Crippen molar-refractivity contribution in [2.75, 3.05) is 13.7 Å². The van der Waals surface area contributed by atoms with Gasteiger partial charge in [0.15, 0.2) is 5.79 Å². The third-order valence-corrected chi connectivity index (χ3v) is 9.89. The van der Waals surface area contributed by atoms with Crippen molar-refractivity contribution < 1.29 is 33.6 Å². The molecule has 1 aliphatic carbocycles. The van der Waals surface area contributed by atoms with E-state index < -0.39 is 35.5 Å². The normalized spacial score (nSPS) is 43.7. The van der Waals surface area contributed by atoms with Gasteiger partial charge in [0, 0.05) is 26.4 Å². The van der Waals surface area contributed by atoms with Gasteiger partial charge in [0.05, 0.1) is 18.8 Å². The molecule has 0 aromatic heterocycles. The van der Waals surface area contributed by atoms with E-state index in [1.807, 2.05) is 25.2 Å². The fourth-order valence-corrected chi connectivity index (χ4v) is 7.78. The molecule has 7 heteroatoms. The fraction of sp³-hybridized carbons (Fsp3) is 0.735. The smallest absolute Gasteiger partial charge is 0.316 e. The quantitative estimate of drug-likeness (QED) is 0.331. The van der Waals surface area contributed by atoms with Gasteiger partial charge in [-0.15, -0.1) is 0 Å². The van der Waals surface area contributed by atoms with Crippen LogP contribution in [0.25, 0.3) is 0 Å². The third-order valence-electron chi connectivity index (χ3n) is 9.89. The molecule has 2 bridgehead atoms. The first kappa shape index (κ1) is 30.7. The molecule has 10 unspecified atom stereocenters. The van der Waals surface area contributed by atoms with Crippen molar-refractivity contribution in [3.63, 3.8) is 0 Å². The number of carbonyl (C=O) groups excluding carboxylic acids is 1. The zero-order chi connectivity index (χ0) is 29.5. The second kappa shape index (κ2) is 12.1. The van der Waals surface area contributed by atoms with Crippen LogP contribution in [-0.2, 0) is 28.5 Å². The first-order valence-corrected chi connectivity index (χ1v) is 15.6. The number of aliphatic hydroxyl groups is 1. The molecule has 7 nitrogen and oxygen atoms in total. The monoisotopic (exact) mass is 570 g/mol. The Morgan fingerprint density at radius 2 is 1.93 bits per heavy atom. The Hall–Kier alpha value is -1.77. The van der Waals surface area contributed by atoms with Gasteiger partial charge in [-0.1, -0.05) is 63.6 Å². The lowest BCUT2D eigenvalue weighted by molar-refractivity contribution is -0.340. The van der Waals surface area contributed by atoms with Gasteiger partial charge in [0.1, 0.15) is 29.8 Å². The number of methoxy groups -OCH3 is 1. The number of carbonyl (C=O) groups is 1. The Morgan fingerprint density at radius 1 is 1.15 bits per heavy atom. The topological polar surface area (TPSA) is 83.5 Å². The lowest BCUT2D eigenvalue weighted by Crippen LogP contribution is -2.58. The summed E-state index contributed by atoms with van der Waals surface area (Å²) in [4.78, 5) is 14.0. The van der Waals surface area contributed by atoms with Crippen molar-refractivity contribution in [3.8, 4) is 0 Å². The number of rotatable bonds is 2. The molecule has 5 rings (SSSR count). The minimum absolute atomic E-state index is 0.0846. The van der Waals surface area contributed by atoms with E-state index >= 15 is 0 Å². The molecular weight excluding hydrogens is 520 g/mol. The summed E-state index contributed by atoms with van der Waals surface area (Å²) in [5.74, 6) is -1.01. The molecule has 0 radical (unpaired) electrons. The van der Waals surface area contributed by atoms with E-state index in [0.717, 1.165) is 31.3 Å². The van der Waals surface area contributed by atoms with Crippen molar-refractivity contribution in [1.82, 2.24) is 0 Å². The van der Waals surface area contributed by atoms with Gasteiger partial charge in [-0.25, -0.2) is 0 Å². The van der Waals surface area contributed by atoms with Gasteiger partial charge < -0.3 is 28.8 Å². The van der Waals surface area contributed by atoms with Crippen LogP contribution in [0.5, 0.6) is 0 Å². The van der Waals surface area contributed by atoms with E-state index in [4.69, 9.17) is 23.7 Å². The second-order valence-electron chi connectivity index (χ2n) is 13.6. The maximum Gasteiger partial charge on any atom is 0.316 e. The Morgan fingerprint density at radius 3 is 2.66 bits per heavy atom. The summed E-state index contributed by atoms with van der Waals surface area (Å²) in [5, 5.41) is 12.3. The molecule has 0 aromatic rings. The second-order valence-corrected chi connectivity index (χ2v) is 13.6.